The van der Waals surface area contributed by atoms with Gasteiger partial charge in [-0.1, -0.05) is 18.2 Å². The van der Waals surface area contributed by atoms with Gasteiger partial charge in [0, 0.05) is 26.1 Å². The first kappa shape index (κ1) is 14.6. The van der Waals surface area contributed by atoms with Crippen LogP contribution in [0, 0.1) is 0 Å². The van der Waals surface area contributed by atoms with Crippen LogP contribution >= 0.6 is 0 Å². The molecule has 0 unspecified atom stereocenters. The number of carbonyl (C=O) groups excluding carboxylic acids is 1. The van der Waals surface area contributed by atoms with E-state index in [9.17, 15) is 4.79 Å². The van der Waals surface area contributed by atoms with Crippen LogP contribution in [0.1, 0.15) is 12.5 Å². The van der Waals surface area contributed by atoms with E-state index in [1.807, 2.05) is 24.3 Å². The molecule has 0 aliphatic rings. The first-order valence-corrected chi connectivity index (χ1v) is 6.37. The van der Waals surface area contributed by atoms with E-state index in [4.69, 9.17) is 10.2 Å². The molecule has 0 radical (unpaired) electrons. The summed E-state index contributed by atoms with van der Waals surface area (Å²) in [6.45, 7) is 1.96. The molecule has 1 aromatic carbocycles. The number of rotatable bonds is 4. The van der Waals surface area contributed by atoms with Crippen LogP contribution in [0.25, 0.3) is 11.3 Å². The van der Waals surface area contributed by atoms with Crippen LogP contribution < -0.4 is 16.4 Å². The van der Waals surface area contributed by atoms with Gasteiger partial charge in [0.2, 0.25) is 5.91 Å². The number of nitrogens with one attached hydrogen (secondary N) is 2. The molecule has 0 atom stereocenters. The average Bonchev–Trinajstić information content (AvgIpc) is 2.94. The molecule has 0 saturated heterocycles. The van der Waals surface area contributed by atoms with Crippen LogP contribution in [0.2, 0.25) is 0 Å². The SMILES string of the molecule is CN=C(N)Nc1nc(-c2cccc(CNC(C)=O)c2)co1. The Morgan fingerprint density at radius 2 is 2.29 bits per heavy atom. The fourth-order valence-corrected chi connectivity index (χ4v) is 1.70. The monoisotopic (exact) mass is 287 g/mol. The summed E-state index contributed by atoms with van der Waals surface area (Å²) in [5.74, 6) is 0.158. The number of nitrogens with zero attached hydrogens (tertiary/aromatic N) is 2. The Labute approximate surface area is 122 Å². The predicted octanol–water partition coefficient (Wildman–Crippen LogP) is 1.33. The Hall–Kier alpha value is -2.83. The van der Waals surface area contributed by atoms with Crippen molar-refractivity contribution in [1.29, 1.82) is 0 Å². The average molecular weight is 287 g/mol. The summed E-state index contributed by atoms with van der Waals surface area (Å²) in [7, 11) is 1.57. The van der Waals surface area contributed by atoms with E-state index in [1.54, 1.807) is 7.05 Å². The van der Waals surface area contributed by atoms with Crippen molar-refractivity contribution in [3.8, 4) is 11.3 Å². The normalized spacial score (nSPS) is 11.2. The Balaban J connectivity index is 2.14. The third kappa shape index (κ3) is 4.07. The summed E-state index contributed by atoms with van der Waals surface area (Å²) < 4.78 is 5.28. The summed E-state index contributed by atoms with van der Waals surface area (Å²) >= 11 is 0. The third-order valence-electron chi connectivity index (χ3n) is 2.74. The summed E-state index contributed by atoms with van der Waals surface area (Å²) in [6, 6.07) is 7.96. The van der Waals surface area contributed by atoms with Gasteiger partial charge in [-0.05, 0) is 11.6 Å². The van der Waals surface area contributed by atoms with Crippen molar-refractivity contribution in [2.24, 2.45) is 10.7 Å². The van der Waals surface area contributed by atoms with Crippen molar-refractivity contribution >= 4 is 17.9 Å². The van der Waals surface area contributed by atoms with Crippen LogP contribution in [0.5, 0.6) is 0 Å². The zero-order chi connectivity index (χ0) is 15.2. The molecule has 0 fully saturated rings. The molecule has 21 heavy (non-hydrogen) atoms. The summed E-state index contributed by atoms with van der Waals surface area (Å²) in [5, 5.41) is 5.48. The van der Waals surface area contributed by atoms with Gasteiger partial charge in [0.25, 0.3) is 0 Å². The first-order valence-electron chi connectivity index (χ1n) is 6.37. The maximum atomic E-state index is 10.9. The Morgan fingerprint density at radius 1 is 1.48 bits per heavy atom. The van der Waals surface area contributed by atoms with E-state index in [0.717, 1.165) is 11.1 Å². The highest BCUT2D eigenvalue weighted by molar-refractivity contribution is 5.90. The number of amides is 1. The molecule has 0 aliphatic carbocycles. The van der Waals surface area contributed by atoms with Gasteiger partial charge in [0.05, 0.1) is 0 Å². The molecule has 4 N–H and O–H groups in total. The molecule has 2 rings (SSSR count). The number of carbonyl (C=O) groups is 1. The molecule has 7 nitrogen and oxygen atoms in total. The lowest BCUT2D eigenvalue weighted by Gasteiger charge is -2.04. The second kappa shape index (κ2) is 6.56. The lowest BCUT2D eigenvalue weighted by Crippen LogP contribution is -2.22. The van der Waals surface area contributed by atoms with Gasteiger partial charge in [0.15, 0.2) is 5.96 Å². The number of anilines is 1. The molecular weight excluding hydrogens is 270 g/mol. The molecule has 0 aliphatic heterocycles. The molecule has 1 aromatic heterocycles. The van der Waals surface area contributed by atoms with Crippen LogP contribution in [0.3, 0.4) is 0 Å². The smallest absolute Gasteiger partial charge is 0.302 e. The summed E-state index contributed by atoms with van der Waals surface area (Å²) in [6.07, 6.45) is 1.53. The number of guanidine groups is 1. The lowest BCUT2D eigenvalue weighted by molar-refractivity contribution is -0.119. The van der Waals surface area contributed by atoms with Gasteiger partial charge in [0.1, 0.15) is 12.0 Å². The minimum atomic E-state index is -0.0670. The molecule has 0 saturated carbocycles. The van der Waals surface area contributed by atoms with Crippen molar-refractivity contribution < 1.29 is 9.21 Å². The molecule has 0 spiro atoms. The maximum Gasteiger partial charge on any atom is 0.302 e. The number of benzene rings is 1. The molecule has 0 bridgehead atoms. The van der Waals surface area contributed by atoms with Crippen LogP contribution in [-0.4, -0.2) is 23.9 Å². The van der Waals surface area contributed by atoms with Crippen molar-refractivity contribution in [3.63, 3.8) is 0 Å². The molecule has 7 heteroatoms. The van der Waals surface area contributed by atoms with Crippen molar-refractivity contribution in [2.75, 3.05) is 12.4 Å². The quantitative estimate of drug-likeness (QED) is 0.581. The second-order valence-corrected chi connectivity index (χ2v) is 4.38. The number of aliphatic imine (C=N–C) groups is 1. The van der Waals surface area contributed by atoms with Gasteiger partial charge < -0.3 is 15.5 Å². The van der Waals surface area contributed by atoms with Gasteiger partial charge >= 0.3 is 6.01 Å². The highest BCUT2D eigenvalue weighted by Gasteiger charge is 2.07. The standard InChI is InChI=1S/C14H17N5O2/c1-9(20)17-7-10-4-3-5-11(6-10)12-8-21-14(18-12)19-13(15)16-2/h3-6,8H,7H2,1-2H3,(H,17,20)(H3,15,16,18,19). The number of hydrogen-bond donors (Lipinski definition) is 3. The van der Waals surface area contributed by atoms with Gasteiger partial charge in [-0.15, -0.1) is 0 Å². The molecule has 110 valence electrons. The van der Waals surface area contributed by atoms with E-state index in [0.29, 0.717) is 12.2 Å². The minimum Gasteiger partial charge on any atom is -0.431 e. The van der Waals surface area contributed by atoms with E-state index in [-0.39, 0.29) is 17.9 Å². The topological polar surface area (TPSA) is 106 Å². The molecule has 1 amide bonds. The van der Waals surface area contributed by atoms with Crippen LogP contribution in [-0.2, 0) is 11.3 Å². The Kier molecular flexibility index (Phi) is 4.55. The number of hydrogen-bond acceptors (Lipinski definition) is 4. The predicted molar refractivity (Wildman–Crippen MR) is 80.6 cm³/mol. The fourth-order valence-electron chi connectivity index (χ4n) is 1.70. The summed E-state index contributed by atoms with van der Waals surface area (Å²) in [5.41, 5.74) is 8.09. The van der Waals surface area contributed by atoms with Crippen molar-refractivity contribution in [3.05, 3.63) is 36.1 Å². The zero-order valence-electron chi connectivity index (χ0n) is 11.9. The van der Waals surface area contributed by atoms with Gasteiger partial charge in [-0.3, -0.25) is 15.1 Å². The zero-order valence-corrected chi connectivity index (χ0v) is 11.9. The molecular formula is C14H17N5O2. The van der Waals surface area contributed by atoms with Gasteiger partial charge in [-0.2, -0.15) is 4.98 Å². The molecule has 2 aromatic rings. The Morgan fingerprint density at radius 3 is 3.00 bits per heavy atom. The second-order valence-electron chi connectivity index (χ2n) is 4.38. The van der Waals surface area contributed by atoms with E-state index in [1.165, 1.54) is 13.2 Å². The van der Waals surface area contributed by atoms with Crippen LogP contribution in [0.4, 0.5) is 6.01 Å². The van der Waals surface area contributed by atoms with E-state index >= 15 is 0 Å². The highest BCUT2D eigenvalue weighted by atomic mass is 16.4. The maximum absolute atomic E-state index is 10.9. The number of aromatic nitrogens is 1. The molecule has 1 heterocycles. The van der Waals surface area contributed by atoms with Crippen LogP contribution in [0.15, 0.2) is 39.9 Å². The summed E-state index contributed by atoms with van der Waals surface area (Å²) in [4.78, 5) is 19.0. The van der Waals surface area contributed by atoms with E-state index in [2.05, 4.69) is 20.6 Å². The Bertz CT molecular complexity index is 663. The van der Waals surface area contributed by atoms with E-state index < -0.39 is 0 Å². The fraction of sp³-hybridized carbons (Fsp3) is 0.214. The lowest BCUT2D eigenvalue weighted by atomic mass is 10.1. The van der Waals surface area contributed by atoms with Crippen molar-refractivity contribution in [1.82, 2.24) is 10.3 Å². The number of oxazole rings is 1. The third-order valence-corrected chi connectivity index (χ3v) is 2.74. The first-order chi connectivity index (χ1) is 10.1. The van der Waals surface area contributed by atoms with Crippen molar-refractivity contribution in [2.45, 2.75) is 13.5 Å². The highest BCUT2D eigenvalue weighted by Crippen LogP contribution is 2.21. The largest absolute Gasteiger partial charge is 0.431 e. The minimum absolute atomic E-state index is 0.0670. The number of nitrogens with two attached hydrogens (primary N) is 1. The van der Waals surface area contributed by atoms with Gasteiger partial charge in [-0.25, -0.2) is 0 Å².